The largest absolute Gasteiger partial charge is 0.437 e. The molecule has 2 aromatic carbocycles. The van der Waals surface area contributed by atoms with Crippen molar-refractivity contribution in [2.75, 3.05) is 0 Å². The summed E-state index contributed by atoms with van der Waals surface area (Å²) in [6.45, 7) is 1.70. The molecule has 0 atom stereocenters. The first-order chi connectivity index (χ1) is 10.5. The van der Waals surface area contributed by atoms with Crippen LogP contribution in [0.3, 0.4) is 0 Å². The first-order valence-electron chi connectivity index (χ1n) is 6.52. The first kappa shape index (κ1) is 14.3. The summed E-state index contributed by atoms with van der Waals surface area (Å²) in [5, 5.41) is 11.5. The van der Waals surface area contributed by atoms with E-state index in [2.05, 4.69) is 4.98 Å². The Morgan fingerprint density at radius 1 is 1.23 bits per heavy atom. The summed E-state index contributed by atoms with van der Waals surface area (Å²) in [5.74, 6) is 0.417. The van der Waals surface area contributed by atoms with Gasteiger partial charge in [-0.05, 0) is 36.8 Å². The quantitative estimate of drug-likeness (QED) is 0.511. The number of halogens is 1. The monoisotopic (exact) mass is 314 g/mol. The van der Waals surface area contributed by atoms with Crippen LogP contribution < -0.4 is 0 Å². The number of nitro benzene ring substituents is 1. The molecular weight excluding hydrogens is 304 g/mol. The number of hydrogen-bond donors (Lipinski definition) is 0. The van der Waals surface area contributed by atoms with Crippen LogP contribution in [0.5, 0.6) is 0 Å². The van der Waals surface area contributed by atoms with Crippen molar-refractivity contribution in [2.45, 2.75) is 6.92 Å². The first-order valence-corrected chi connectivity index (χ1v) is 6.90. The zero-order valence-corrected chi connectivity index (χ0v) is 12.4. The fourth-order valence-electron chi connectivity index (χ4n) is 2.08. The highest BCUT2D eigenvalue weighted by Crippen LogP contribution is 2.23. The van der Waals surface area contributed by atoms with Gasteiger partial charge in [0.25, 0.3) is 5.69 Å². The Morgan fingerprint density at radius 2 is 2.05 bits per heavy atom. The molecule has 5 nitrogen and oxygen atoms in total. The van der Waals surface area contributed by atoms with Crippen molar-refractivity contribution in [3.63, 3.8) is 0 Å². The van der Waals surface area contributed by atoms with E-state index < -0.39 is 4.92 Å². The second-order valence-electron chi connectivity index (χ2n) is 4.80. The molecule has 22 heavy (non-hydrogen) atoms. The number of hydrogen-bond acceptors (Lipinski definition) is 4. The minimum atomic E-state index is -0.395. The maximum atomic E-state index is 10.9. The summed E-state index contributed by atoms with van der Waals surface area (Å²) in [4.78, 5) is 14.8. The van der Waals surface area contributed by atoms with E-state index in [1.807, 2.05) is 0 Å². The van der Waals surface area contributed by atoms with Crippen LogP contribution in [0.1, 0.15) is 17.0 Å². The molecule has 0 aliphatic rings. The van der Waals surface area contributed by atoms with Crippen LogP contribution in [-0.2, 0) is 0 Å². The second kappa shape index (κ2) is 5.61. The number of nitro groups is 1. The fourth-order valence-corrected chi connectivity index (χ4v) is 2.25. The Labute approximate surface area is 131 Å². The predicted molar refractivity (Wildman–Crippen MR) is 85.8 cm³/mol. The average molecular weight is 315 g/mol. The van der Waals surface area contributed by atoms with Crippen molar-refractivity contribution >= 4 is 40.5 Å². The van der Waals surface area contributed by atoms with Gasteiger partial charge >= 0.3 is 0 Å². The number of aromatic nitrogens is 1. The molecule has 0 bridgehead atoms. The highest BCUT2D eigenvalue weighted by atomic mass is 35.5. The van der Waals surface area contributed by atoms with Crippen LogP contribution >= 0.6 is 11.6 Å². The zero-order valence-electron chi connectivity index (χ0n) is 11.6. The minimum absolute atomic E-state index is 0.0893. The van der Waals surface area contributed by atoms with Crippen LogP contribution in [0.25, 0.3) is 23.3 Å². The molecule has 0 aliphatic carbocycles. The van der Waals surface area contributed by atoms with Gasteiger partial charge in [-0.3, -0.25) is 10.1 Å². The molecule has 6 heteroatoms. The van der Waals surface area contributed by atoms with Gasteiger partial charge < -0.3 is 4.42 Å². The van der Waals surface area contributed by atoms with Crippen LogP contribution in [0.2, 0.25) is 5.02 Å². The van der Waals surface area contributed by atoms with Gasteiger partial charge in [-0.1, -0.05) is 23.7 Å². The Morgan fingerprint density at radius 3 is 2.82 bits per heavy atom. The topological polar surface area (TPSA) is 69.2 Å². The lowest BCUT2D eigenvalue weighted by atomic mass is 10.1. The summed E-state index contributed by atoms with van der Waals surface area (Å²) in [6, 6.07) is 10.2. The standard InChI is InChI=1S/C16H11ClN2O3/c1-10-2-3-11(8-14(10)19(20)21)4-7-16-18-13-9-12(17)5-6-15(13)22-16/h2-9H,1H3/b7-4+. The molecule has 0 fully saturated rings. The smallest absolute Gasteiger partial charge is 0.272 e. The minimum Gasteiger partial charge on any atom is -0.437 e. The third-order valence-electron chi connectivity index (χ3n) is 3.21. The Kier molecular flexibility index (Phi) is 3.65. The van der Waals surface area contributed by atoms with Gasteiger partial charge in [0.15, 0.2) is 5.58 Å². The summed E-state index contributed by atoms with van der Waals surface area (Å²) >= 11 is 5.90. The molecule has 0 spiro atoms. The highest BCUT2D eigenvalue weighted by molar-refractivity contribution is 6.31. The van der Waals surface area contributed by atoms with E-state index in [0.717, 1.165) is 0 Å². The number of nitrogens with zero attached hydrogens (tertiary/aromatic N) is 2. The number of benzene rings is 2. The van der Waals surface area contributed by atoms with E-state index in [9.17, 15) is 10.1 Å². The van der Waals surface area contributed by atoms with Gasteiger partial charge in [-0.2, -0.15) is 0 Å². The maximum absolute atomic E-state index is 10.9. The van der Waals surface area contributed by atoms with Crippen molar-refractivity contribution in [2.24, 2.45) is 0 Å². The fraction of sp³-hybridized carbons (Fsp3) is 0.0625. The van der Waals surface area contributed by atoms with Crippen LogP contribution in [0, 0.1) is 17.0 Å². The molecule has 3 aromatic rings. The van der Waals surface area contributed by atoms with E-state index in [1.54, 1.807) is 49.4 Å². The van der Waals surface area contributed by atoms with Crippen LogP contribution in [0.15, 0.2) is 40.8 Å². The van der Waals surface area contributed by atoms with E-state index in [0.29, 0.717) is 33.1 Å². The molecule has 0 saturated carbocycles. The van der Waals surface area contributed by atoms with Gasteiger partial charge in [0.1, 0.15) is 5.52 Å². The predicted octanol–water partition coefficient (Wildman–Crippen LogP) is 4.87. The molecule has 1 aromatic heterocycles. The SMILES string of the molecule is Cc1ccc(/C=C/c2nc3cc(Cl)ccc3o2)cc1[N+](=O)[O-]. The molecular formula is C16H11ClN2O3. The summed E-state index contributed by atoms with van der Waals surface area (Å²) in [5.41, 5.74) is 2.73. The molecule has 0 aliphatic heterocycles. The highest BCUT2D eigenvalue weighted by Gasteiger charge is 2.10. The van der Waals surface area contributed by atoms with Gasteiger partial charge in [0, 0.05) is 22.7 Å². The molecule has 3 rings (SSSR count). The van der Waals surface area contributed by atoms with Gasteiger partial charge in [-0.25, -0.2) is 4.98 Å². The number of aryl methyl sites for hydroxylation is 1. The van der Waals surface area contributed by atoms with Crippen molar-refractivity contribution in [3.05, 3.63) is 68.6 Å². The van der Waals surface area contributed by atoms with Crippen molar-refractivity contribution in [1.29, 1.82) is 0 Å². The number of oxazole rings is 1. The van der Waals surface area contributed by atoms with Gasteiger partial charge in [0.05, 0.1) is 4.92 Å². The lowest BCUT2D eigenvalue weighted by Gasteiger charge is -1.98. The zero-order chi connectivity index (χ0) is 15.7. The molecule has 1 heterocycles. The van der Waals surface area contributed by atoms with E-state index >= 15 is 0 Å². The van der Waals surface area contributed by atoms with E-state index in [-0.39, 0.29) is 5.69 Å². The van der Waals surface area contributed by atoms with Crippen LogP contribution in [-0.4, -0.2) is 9.91 Å². The van der Waals surface area contributed by atoms with Crippen LogP contribution in [0.4, 0.5) is 5.69 Å². The molecule has 0 radical (unpaired) electrons. The van der Waals surface area contributed by atoms with Gasteiger partial charge in [0.2, 0.25) is 5.89 Å². The van der Waals surface area contributed by atoms with Crippen molar-refractivity contribution < 1.29 is 9.34 Å². The Hall–Kier alpha value is -2.66. The average Bonchev–Trinajstić information content (AvgIpc) is 2.88. The molecule has 0 amide bonds. The van der Waals surface area contributed by atoms with Crippen molar-refractivity contribution in [3.8, 4) is 0 Å². The molecule has 0 N–H and O–H groups in total. The third kappa shape index (κ3) is 2.84. The second-order valence-corrected chi connectivity index (χ2v) is 5.24. The number of rotatable bonds is 3. The van der Waals surface area contributed by atoms with E-state index in [1.165, 1.54) is 6.07 Å². The third-order valence-corrected chi connectivity index (χ3v) is 3.45. The molecule has 0 unspecified atom stereocenters. The van der Waals surface area contributed by atoms with Gasteiger partial charge in [-0.15, -0.1) is 0 Å². The maximum Gasteiger partial charge on any atom is 0.272 e. The summed E-state index contributed by atoms with van der Waals surface area (Å²) in [6.07, 6.45) is 3.39. The summed E-state index contributed by atoms with van der Waals surface area (Å²) in [7, 11) is 0. The normalized spacial score (nSPS) is 11.4. The Balaban J connectivity index is 1.92. The van der Waals surface area contributed by atoms with E-state index in [4.69, 9.17) is 16.0 Å². The van der Waals surface area contributed by atoms with Crippen molar-refractivity contribution in [1.82, 2.24) is 4.98 Å². The Bertz CT molecular complexity index is 900. The molecule has 110 valence electrons. The lowest BCUT2D eigenvalue weighted by Crippen LogP contribution is -1.91. The number of fused-ring (bicyclic) bond motifs is 1. The molecule has 0 saturated heterocycles. The summed E-state index contributed by atoms with van der Waals surface area (Å²) < 4.78 is 5.56. The lowest BCUT2D eigenvalue weighted by molar-refractivity contribution is -0.385.